The Morgan fingerprint density at radius 2 is 2.35 bits per heavy atom. The molecule has 1 aliphatic rings. The Morgan fingerprint density at radius 3 is 3.12 bits per heavy atom. The zero-order chi connectivity index (χ0) is 11.0. The van der Waals surface area contributed by atoms with Gasteiger partial charge in [-0.25, -0.2) is 0 Å². The summed E-state index contributed by atoms with van der Waals surface area (Å²) in [4.78, 5) is 4.35. The monoisotopic (exact) mass is 273 g/mol. The van der Waals surface area contributed by atoms with E-state index in [1.807, 2.05) is 12.1 Å². The van der Waals surface area contributed by atoms with Crippen LogP contribution in [0.15, 0.2) is 22.6 Å². The standard InChI is InChI=1S/C11H12ClN3O.ClH/c12-7-1-2-9-10(5-7)16-11(15-9)14-8-3-4-13-6-8;/h1-2,5,8,13H,3-4,6H2,(H,14,15);1H/t8-;/m1./s1. The van der Waals surface area contributed by atoms with Crippen LogP contribution in [-0.2, 0) is 0 Å². The molecule has 1 saturated heterocycles. The molecule has 1 aromatic heterocycles. The van der Waals surface area contributed by atoms with Crippen LogP contribution in [0, 0.1) is 0 Å². The first-order valence-corrected chi connectivity index (χ1v) is 5.72. The van der Waals surface area contributed by atoms with E-state index in [9.17, 15) is 0 Å². The number of anilines is 1. The fourth-order valence-corrected chi connectivity index (χ4v) is 2.07. The van der Waals surface area contributed by atoms with Crippen LogP contribution in [0.2, 0.25) is 5.02 Å². The van der Waals surface area contributed by atoms with E-state index in [1.165, 1.54) is 0 Å². The molecule has 3 rings (SSSR count). The van der Waals surface area contributed by atoms with Crippen molar-refractivity contribution in [2.24, 2.45) is 0 Å². The van der Waals surface area contributed by atoms with Gasteiger partial charge >= 0.3 is 0 Å². The Labute approximate surface area is 110 Å². The molecular weight excluding hydrogens is 261 g/mol. The summed E-state index contributed by atoms with van der Waals surface area (Å²) in [7, 11) is 0. The van der Waals surface area contributed by atoms with E-state index in [0.29, 0.717) is 17.1 Å². The second-order valence-corrected chi connectivity index (χ2v) is 4.40. The molecule has 2 heterocycles. The lowest BCUT2D eigenvalue weighted by Gasteiger charge is -2.07. The predicted molar refractivity (Wildman–Crippen MR) is 71.2 cm³/mol. The molecule has 0 aliphatic carbocycles. The maximum absolute atomic E-state index is 5.88. The van der Waals surface area contributed by atoms with Gasteiger partial charge in [-0.1, -0.05) is 11.6 Å². The molecule has 1 aliphatic heterocycles. The SMILES string of the molecule is Cl.Clc1ccc2nc(N[C@@H]3CCNC3)oc2c1. The van der Waals surface area contributed by atoms with Crippen molar-refractivity contribution in [2.75, 3.05) is 18.4 Å². The summed E-state index contributed by atoms with van der Waals surface area (Å²) in [6, 6.07) is 6.43. The van der Waals surface area contributed by atoms with Crippen molar-refractivity contribution in [1.82, 2.24) is 10.3 Å². The van der Waals surface area contributed by atoms with Gasteiger partial charge in [0.15, 0.2) is 5.58 Å². The van der Waals surface area contributed by atoms with Crippen LogP contribution in [0.4, 0.5) is 6.01 Å². The van der Waals surface area contributed by atoms with Gasteiger partial charge in [0.25, 0.3) is 6.01 Å². The molecule has 0 saturated carbocycles. The molecule has 2 aromatic rings. The summed E-state index contributed by atoms with van der Waals surface area (Å²) < 4.78 is 5.58. The Morgan fingerprint density at radius 1 is 1.47 bits per heavy atom. The van der Waals surface area contributed by atoms with E-state index >= 15 is 0 Å². The molecular formula is C11H13Cl2N3O. The smallest absolute Gasteiger partial charge is 0.295 e. The second-order valence-electron chi connectivity index (χ2n) is 3.97. The molecule has 0 amide bonds. The zero-order valence-corrected chi connectivity index (χ0v) is 10.6. The van der Waals surface area contributed by atoms with Crippen molar-refractivity contribution in [2.45, 2.75) is 12.5 Å². The van der Waals surface area contributed by atoms with Crippen molar-refractivity contribution in [1.29, 1.82) is 0 Å². The maximum Gasteiger partial charge on any atom is 0.295 e. The minimum Gasteiger partial charge on any atom is -0.423 e. The predicted octanol–water partition coefficient (Wildman–Crippen LogP) is 2.68. The molecule has 1 aromatic carbocycles. The van der Waals surface area contributed by atoms with Gasteiger partial charge < -0.3 is 15.1 Å². The van der Waals surface area contributed by atoms with E-state index in [4.69, 9.17) is 16.0 Å². The molecule has 0 bridgehead atoms. The number of hydrogen-bond donors (Lipinski definition) is 2. The Kier molecular flexibility index (Phi) is 3.76. The Bertz CT molecular complexity index is 508. The van der Waals surface area contributed by atoms with E-state index in [2.05, 4.69) is 15.6 Å². The lowest BCUT2D eigenvalue weighted by Crippen LogP contribution is -2.22. The molecule has 0 unspecified atom stereocenters. The van der Waals surface area contributed by atoms with Gasteiger partial charge in [0.1, 0.15) is 5.52 Å². The number of rotatable bonds is 2. The van der Waals surface area contributed by atoms with Crippen LogP contribution in [0.5, 0.6) is 0 Å². The third-order valence-electron chi connectivity index (χ3n) is 2.74. The van der Waals surface area contributed by atoms with Gasteiger partial charge in [-0.2, -0.15) is 4.98 Å². The molecule has 0 radical (unpaired) electrons. The summed E-state index contributed by atoms with van der Waals surface area (Å²) in [5.41, 5.74) is 1.55. The maximum atomic E-state index is 5.88. The lowest BCUT2D eigenvalue weighted by molar-refractivity contribution is 0.599. The van der Waals surface area contributed by atoms with Gasteiger partial charge in [-0.05, 0) is 25.1 Å². The summed E-state index contributed by atoms with van der Waals surface area (Å²) in [6.07, 6.45) is 1.10. The molecule has 2 N–H and O–H groups in total. The number of fused-ring (bicyclic) bond motifs is 1. The average molecular weight is 274 g/mol. The first-order chi connectivity index (χ1) is 7.81. The van der Waals surface area contributed by atoms with Crippen LogP contribution in [0.3, 0.4) is 0 Å². The lowest BCUT2D eigenvalue weighted by atomic mass is 10.3. The van der Waals surface area contributed by atoms with Gasteiger partial charge in [0, 0.05) is 23.7 Å². The first-order valence-electron chi connectivity index (χ1n) is 5.34. The normalized spacial score (nSPS) is 19.2. The van der Waals surface area contributed by atoms with E-state index in [0.717, 1.165) is 30.6 Å². The number of oxazole rings is 1. The highest BCUT2D eigenvalue weighted by molar-refractivity contribution is 6.31. The van der Waals surface area contributed by atoms with Crippen LogP contribution in [0.25, 0.3) is 11.1 Å². The summed E-state index contributed by atoms with van der Waals surface area (Å²) in [5.74, 6) is 0. The number of aromatic nitrogens is 1. The molecule has 92 valence electrons. The number of nitrogens with zero attached hydrogens (tertiary/aromatic N) is 1. The highest BCUT2D eigenvalue weighted by atomic mass is 35.5. The average Bonchev–Trinajstić information content (AvgIpc) is 2.86. The van der Waals surface area contributed by atoms with Crippen molar-refractivity contribution < 1.29 is 4.42 Å². The molecule has 0 spiro atoms. The summed E-state index contributed by atoms with van der Waals surface area (Å²) in [5, 5.41) is 7.21. The fraction of sp³-hybridized carbons (Fsp3) is 0.364. The van der Waals surface area contributed by atoms with E-state index in [-0.39, 0.29) is 12.4 Å². The molecule has 17 heavy (non-hydrogen) atoms. The third kappa shape index (κ3) is 2.65. The highest BCUT2D eigenvalue weighted by Gasteiger charge is 2.16. The number of nitrogens with one attached hydrogen (secondary N) is 2. The first kappa shape index (κ1) is 12.5. The summed E-state index contributed by atoms with van der Waals surface area (Å²) >= 11 is 5.88. The minimum atomic E-state index is 0. The second kappa shape index (κ2) is 5.12. The van der Waals surface area contributed by atoms with Gasteiger partial charge in [0.05, 0.1) is 0 Å². The quantitative estimate of drug-likeness (QED) is 0.884. The van der Waals surface area contributed by atoms with E-state index < -0.39 is 0 Å². The van der Waals surface area contributed by atoms with Crippen molar-refractivity contribution in [3.05, 3.63) is 23.2 Å². The minimum absolute atomic E-state index is 0. The number of benzene rings is 1. The fourth-order valence-electron chi connectivity index (χ4n) is 1.91. The van der Waals surface area contributed by atoms with Crippen LogP contribution in [-0.4, -0.2) is 24.1 Å². The van der Waals surface area contributed by atoms with Gasteiger partial charge in [-0.3, -0.25) is 0 Å². The van der Waals surface area contributed by atoms with Crippen LogP contribution in [0.1, 0.15) is 6.42 Å². The third-order valence-corrected chi connectivity index (χ3v) is 2.97. The topological polar surface area (TPSA) is 50.1 Å². The summed E-state index contributed by atoms with van der Waals surface area (Å²) in [6.45, 7) is 2.00. The van der Waals surface area contributed by atoms with E-state index in [1.54, 1.807) is 6.07 Å². The van der Waals surface area contributed by atoms with Crippen LogP contribution >= 0.6 is 24.0 Å². The zero-order valence-electron chi connectivity index (χ0n) is 9.07. The molecule has 1 fully saturated rings. The van der Waals surface area contributed by atoms with Gasteiger partial charge in [-0.15, -0.1) is 12.4 Å². The Hall–Kier alpha value is -0.970. The van der Waals surface area contributed by atoms with Crippen molar-refractivity contribution >= 4 is 41.1 Å². The Balaban J connectivity index is 0.00000108. The van der Waals surface area contributed by atoms with Crippen LogP contribution < -0.4 is 10.6 Å². The van der Waals surface area contributed by atoms with Gasteiger partial charge in [0.2, 0.25) is 0 Å². The number of halogens is 2. The van der Waals surface area contributed by atoms with Crippen molar-refractivity contribution in [3.63, 3.8) is 0 Å². The molecule has 1 atom stereocenters. The highest BCUT2D eigenvalue weighted by Crippen LogP contribution is 2.23. The molecule has 4 nitrogen and oxygen atoms in total. The number of hydrogen-bond acceptors (Lipinski definition) is 4. The van der Waals surface area contributed by atoms with Crippen molar-refractivity contribution in [3.8, 4) is 0 Å². The largest absolute Gasteiger partial charge is 0.423 e. The molecule has 6 heteroatoms.